The highest BCUT2D eigenvalue weighted by Gasteiger charge is 2.18. The molecule has 1 amide bonds. The van der Waals surface area contributed by atoms with E-state index in [0.29, 0.717) is 36.5 Å². The molecule has 6 heteroatoms. The summed E-state index contributed by atoms with van der Waals surface area (Å²) in [5.74, 6) is -0.128. The lowest BCUT2D eigenvalue weighted by Gasteiger charge is -2.21. The monoisotopic (exact) mass is 316 g/mol. The van der Waals surface area contributed by atoms with Crippen LogP contribution >= 0.6 is 15.9 Å². The van der Waals surface area contributed by atoms with Gasteiger partial charge in [0.2, 0.25) is 0 Å². The van der Waals surface area contributed by atoms with E-state index in [1.807, 2.05) is 0 Å². The molecule has 0 spiro atoms. The van der Waals surface area contributed by atoms with E-state index in [-0.39, 0.29) is 5.91 Å². The Morgan fingerprint density at radius 3 is 2.44 bits per heavy atom. The zero-order valence-corrected chi connectivity index (χ0v) is 12.1. The number of hydrogen-bond acceptors (Lipinski definition) is 4. The van der Waals surface area contributed by atoms with Crippen molar-refractivity contribution in [2.75, 3.05) is 40.5 Å². The fourth-order valence-electron chi connectivity index (χ4n) is 1.41. The molecule has 0 N–H and O–H groups in total. The lowest BCUT2D eigenvalue weighted by atomic mass is 10.3. The van der Waals surface area contributed by atoms with Crippen LogP contribution in [-0.2, 0) is 9.47 Å². The van der Waals surface area contributed by atoms with Crippen molar-refractivity contribution in [1.29, 1.82) is 0 Å². The molecule has 0 saturated carbocycles. The number of rotatable bonds is 7. The van der Waals surface area contributed by atoms with Crippen molar-refractivity contribution in [2.24, 2.45) is 0 Å². The fourth-order valence-corrected chi connectivity index (χ4v) is 1.84. The highest BCUT2D eigenvalue weighted by Crippen LogP contribution is 2.15. The molecule has 100 valence electrons. The summed E-state index contributed by atoms with van der Waals surface area (Å²) < 4.78 is 10.7. The number of pyridine rings is 1. The third-order valence-electron chi connectivity index (χ3n) is 2.38. The van der Waals surface area contributed by atoms with Gasteiger partial charge < -0.3 is 14.4 Å². The Hall–Kier alpha value is -0.980. The minimum Gasteiger partial charge on any atom is -0.383 e. The van der Waals surface area contributed by atoms with Crippen molar-refractivity contribution < 1.29 is 14.3 Å². The molecular formula is C12H17BrN2O3. The molecule has 1 aromatic rings. The summed E-state index contributed by atoms with van der Waals surface area (Å²) in [4.78, 5) is 18.1. The lowest BCUT2D eigenvalue weighted by molar-refractivity contribution is 0.0621. The first-order valence-electron chi connectivity index (χ1n) is 5.58. The highest BCUT2D eigenvalue weighted by atomic mass is 79.9. The van der Waals surface area contributed by atoms with Gasteiger partial charge in [0.25, 0.3) is 5.91 Å². The molecule has 5 nitrogen and oxygen atoms in total. The van der Waals surface area contributed by atoms with Crippen LogP contribution in [0.5, 0.6) is 0 Å². The number of carbonyl (C=O) groups excluding carboxylic acids is 1. The number of halogens is 1. The van der Waals surface area contributed by atoms with E-state index in [4.69, 9.17) is 9.47 Å². The quantitative estimate of drug-likeness (QED) is 0.766. The summed E-state index contributed by atoms with van der Waals surface area (Å²) in [6.45, 7) is 2.00. The molecule has 0 aliphatic heterocycles. The summed E-state index contributed by atoms with van der Waals surface area (Å²) in [6, 6.07) is 3.57. The van der Waals surface area contributed by atoms with Crippen LogP contribution < -0.4 is 0 Å². The van der Waals surface area contributed by atoms with Crippen molar-refractivity contribution in [1.82, 2.24) is 9.88 Å². The summed E-state index contributed by atoms with van der Waals surface area (Å²) in [6.07, 6.45) is 1.60. The van der Waals surface area contributed by atoms with Crippen molar-refractivity contribution in [3.05, 3.63) is 28.5 Å². The standard InChI is InChI=1S/C12H17BrN2O3/c1-17-8-6-15(7-9-18-2)12(16)11-10(13)4-3-5-14-11/h3-5H,6-9H2,1-2H3. The molecule has 1 rings (SSSR count). The van der Waals surface area contributed by atoms with Crippen molar-refractivity contribution in [2.45, 2.75) is 0 Å². The van der Waals surface area contributed by atoms with Crippen molar-refractivity contribution in [3.63, 3.8) is 0 Å². The zero-order chi connectivity index (χ0) is 13.4. The predicted octanol–water partition coefficient (Wildman–Crippen LogP) is 1.58. The van der Waals surface area contributed by atoms with E-state index < -0.39 is 0 Å². The zero-order valence-electron chi connectivity index (χ0n) is 10.6. The minimum absolute atomic E-state index is 0.128. The average Bonchev–Trinajstić information content (AvgIpc) is 2.39. The van der Waals surface area contributed by atoms with Gasteiger partial charge in [-0.3, -0.25) is 4.79 Å². The van der Waals surface area contributed by atoms with Gasteiger partial charge in [-0.05, 0) is 28.1 Å². The van der Waals surface area contributed by atoms with Crippen LogP contribution in [0.4, 0.5) is 0 Å². The molecular weight excluding hydrogens is 300 g/mol. The second-order valence-corrected chi connectivity index (χ2v) is 4.47. The summed E-state index contributed by atoms with van der Waals surface area (Å²) in [7, 11) is 3.21. The van der Waals surface area contributed by atoms with E-state index in [0.717, 1.165) is 0 Å². The average molecular weight is 317 g/mol. The van der Waals surface area contributed by atoms with E-state index >= 15 is 0 Å². The topological polar surface area (TPSA) is 51.7 Å². The largest absolute Gasteiger partial charge is 0.383 e. The van der Waals surface area contributed by atoms with Gasteiger partial charge in [0.1, 0.15) is 5.69 Å². The third kappa shape index (κ3) is 4.36. The number of aromatic nitrogens is 1. The van der Waals surface area contributed by atoms with Gasteiger partial charge in [-0.25, -0.2) is 4.98 Å². The van der Waals surface area contributed by atoms with Crippen molar-refractivity contribution in [3.8, 4) is 0 Å². The van der Waals surface area contributed by atoms with Gasteiger partial charge in [-0.2, -0.15) is 0 Å². The maximum atomic E-state index is 12.3. The minimum atomic E-state index is -0.128. The number of nitrogens with zero attached hydrogens (tertiary/aromatic N) is 2. The number of hydrogen-bond donors (Lipinski definition) is 0. The number of ether oxygens (including phenoxy) is 2. The van der Waals surface area contributed by atoms with E-state index in [1.54, 1.807) is 37.4 Å². The molecule has 0 aliphatic carbocycles. The van der Waals surface area contributed by atoms with Gasteiger partial charge in [-0.1, -0.05) is 0 Å². The molecule has 0 aliphatic rings. The summed E-state index contributed by atoms with van der Waals surface area (Å²) >= 11 is 3.33. The molecule has 0 aromatic carbocycles. The number of amides is 1. The highest BCUT2D eigenvalue weighted by molar-refractivity contribution is 9.10. The van der Waals surface area contributed by atoms with E-state index in [9.17, 15) is 4.79 Å². The van der Waals surface area contributed by atoms with E-state index in [1.165, 1.54) is 0 Å². The molecule has 0 atom stereocenters. The smallest absolute Gasteiger partial charge is 0.273 e. The molecule has 18 heavy (non-hydrogen) atoms. The van der Waals surface area contributed by atoms with Gasteiger partial charge in [0.15, 0.2) is 0 Å². The third-order valence-corrected chi connectivity index (χ3v) is 3.02. The SMILES string of the molecule is COCCN(CCOC)C(=O)c1ncccc1Br. The molecule has 0 unspecified atom stereocenters. The van der Waals surface area contributed by atoms with Crippen LogP contribution in [0.2, 0.25) is 0 Å². The number of carbonyl (C=O) groups is 1. The van der Waals surface area contributed by atoms with Gasteiger partial charge in [-0.15, -0.1) is 0 Å². The maximum Gasteiger partial charge on any atom is 0.273 e. The van der Waals surface area contributed by atoms with Gasteiger partial charge in [0.05, 0.1) is 13.2 Å². The van der Waals surface area contributed by atoms with Crippen LogP contribution in [0, 0.1) is 0 Å². The first-order valence-corrected chi connectivity index (χ1v) is 6.37. The first-order chi connectivity index (χ1) is 8.70. The Bertz CT molecular complexity index is 379. The Morgan fingerprint density at radius 2 is 1.94 bits per heavy atom. The van der Waals surface area contributed by atoms with Crippen LogP contribution in [0.25, 0.3) is 0 Å². The normalized spacial score (nSPS) is 10.4. The predicted molar refractivity (Wildman–Crippen MR) is 71.6 cm³/mol. The van der Waals surface area contributed by atoms with Gasteiger partial charge >= 0.3 is 0 Å². The Kier molecular flexibility index (Phi) is 6.85. The Labute approximate surface area is 115 Å². The van der Waals surface area contributed by atoms with E-state index in [2.05, 4.69) is 20.9 Å². The fraction of sp³-hybridized carbons (Fsp3) is 0.500. The van der Waals surface area contributed by atoms with Crippen LogP contribution in [0.1, 0.15) is 10.5 Å². The second kappa shape index (κ2) is 8.18. The van der Waals surface area contributed by atoms with Crippen molar-refractivity contribution >= 4 is 21.8 Å². The van der Waals surface area contributed by atoms with Crippen LogP contribution in [0.3, 0.4) is 0 Å². The summed E-state index contributed by atoms with van der Waals surface area (Å²) in [5, 5.41) is 0. The summed E-state index contributed by atoms with van der Waals surface area (Å²) in [5.41, 5.74) is 0.407. The number of methoxy groups -OCH3 is 2. The van der Waals surface area contributed by atoms with Gasteiger partial charge in [0, 0.05) is 38.0 Å². The van der Waals surface area contributed by atoms with Crippen LogP contribution in [0.15, 0.2) is 22.8 Å². The Morgan fingerprint density at radius 1 is 1.33 bits per heavy atom. The lowest BCUT2D eigenvalue weighted by Crippen LogP contribution is -2.37. The second-order valence-electron chi connectivity index (χ2n) is 3.61. The molecule has 0 saturated heterocycles. The Balaban J connectivity index is 2.77. The van der Waals surface area contributed by atoms with Crippen LogP contribution in [-0.4, -0.2) is 56.3 Å². The molecule has 0 radical (unpaired) electrons. The molecule has 0 bridgehead atoms. The first kappa shape index (κ1) is 15.1. The maximum absolute atomic E-state index is 12.3. The molecule has 1 aromatic heterocycles. The molecule has 0 fully saturated rings. The molecule has 1 heterocycles.